The minimum absolute atomic E-state index is 0.250. The Bertz CT molecular complexity index is 315. The molecule has 0 radical (unpaired) electrons. The van der Waals surface area contributed by atoms with Gasteiger partial charge in [0.1, 0.15) is 6.61 Å². The molecule has 0 atom stereocenters. The molecule has 0 aliphatic rings. The van der Waals surface area contributed by atoms with Crippen LogP contribution in [-0.4, -0.2) is 23.9 Å². The zero-order valence-electron chi connectivity index (χ0n) is 10.2. The molecule has 1 aromatic carbocycles. The summed E-state index contributed by atoms with van der Waals surface area (Å²) in [5.74, 6) is 1.41. The van der Waals surface area contributed by atoms with Crippen molar-refractivity contribution in [3.8, 4) is 11.5 Å². The van der Waals surface area contributed by atoms with E-state index in [4.69, 9.17) is 9.47 Å². The van der Waals surface area contributed by atoms with Crippen molar-refractivity contribution in [1.29, 1.82) is 0 Å². The van der Waals surface area contributed by atoms with Gasteiger partial charge in [-0.2, -0.15) is 0 Å². The van der Waals surface area contributed by atoms with Crippen LogP contribution >= 0.6 is 0 Å². The van der Waals surface area contributed by atoms with E-state index in [1.165, 1.54) is 0 Å². The second-order valence-corrected chi connectivity index (χ2v) is 4.40. The van der Waals surface area contributed by atoms with Crippen LogP contribution in [0.5, 0.6) is 11.5 Å². The first kappa shape index (κ1) is 12.8. The first-order chi connectivity index (χ1) is 7.53. The van der Waals surface area contributed by atoms with Crippen LogP contribution in [-0.2, 0) is 0 Å². The third kappa shape index (κ3) is 4.53. The average Bonchev–Trinajstić information content (AvgIpc) is 2.23. The molecule has 90 valence electrons. The van der Waals surface area contributed by atoms with Gasteiger partial charge < -0.3 is 14.6 Å². The Labute approximate surface area is 97.0 Å². The fourth-order valence-electron chi connectivity index (χ4n) is 1.16. The molecular weight excluding hydrogens is 204 g/mol. The normalized spacial score (nSPS) is 11.2. The van der Waals surface area contributed by atoms with Crippen molar-refractivity contribution in [3.05, 3.63) is 24.3 Å². The molecule has 0 saturated heterocycles. The molecule has 0 aromatic heterocycles. The molecule has 0 aliphatic carbocycles. The van der Waals surface area contributed by atoms with Crippen LogP contribution in [0.15, 0.2) is 24.3 Å². The molecule has 0 aliphatic heterocycles. The van der Waals surface area contributed by atoms with Gasteiger partial charge in [-0.1, -0.05) is 19.1 Å². The highest BCUT2D eigenvalue weighted by molar-refractivity contribution is 5.39. The third-order valence-corrected chi connectivity index (χ3v) is 1.89. The van der Waals surface area contributed by atoms with Crippen LogP contribution in [0.3, 0.4) is 0 Å². The second kappa shape index (κ2) is 5.75. The molecule has 1 N–H and O–H groups in total. The Morgan fingerprint density at radius 1 is 1.12 bits per heavy atom. The molecule has 16 heavy (non-hydrogen) atoms. The number of ether oxygens (including phenoxy) is 2. The van der Waals surface area contributed by atoms with Crippen LogP contribution in [0.4, 0.5) is 0 Å². The molecule has 0 bridgehead atoms. The lowest BCUT2D eigenvalue weighted by Crippen LogP contribution is -2.28. The van der Waals surface area contributed by atoms with Gasteiger partial charge in [0, 0.05) is 0 Å². The quantitative estimate of drug-likeness (QED) is 0.807. The fourth-order valence-corrected chi connectivity index (χ4v) is 1.16. The zero-order valence-corrected chi connectivity index (χ0v) is 10.2. The summed E-state index contributed by atoms with van der Waals surface area (Å²) in [5.41, 5.74) is -0.835. The van der Waals surface area contributed by atoms with Crippen molar-refractivity contribution in [3.63, 3.8) is 0 Å². The maximum absolute atomic E-state index is 9.58. The van der Waals surface area contributed by atoms with Crippen LogP contribution in [0.1, 0.15) is 27.2 Å². The Balaban J connectivity index is 2.63. The number of hydrogen-bond acceptors (Lipinski definition) is 3. The maximum Gasteiger partial charge on any atom is 0.161 e. The van der Waals surface area contributed by atoms with Gasteiger partial charge in [-0.25, -0.2) is 0 Å². The lowest BCUT2D eigenvalue weighted by atomic mass is 10.2. The van der Waals surface area contributed by atoms with Crippen molar-refractivity contribution in [2.75, 3.05) is 13.2 Å². The van der Waals surface area contributed by atoms with E-state index in [9.17, 15) is 5.11 Å². The van der Waals surface area contributed by atoms with E-state index in [-0.39, 0.29) is 6.61 Å². The number of aliphatic hydroxyl groups is 1. The predicted molar refractivity (Wildman–Crippen MR) is 64.0 cm³/mol. The van der Waals surface area contributed by atoms with Crippen molar-refractivity contribution in [2.24, 2.45) is 0 Å². The Morgan fingerprint density at radius 3 is 2.19 bits per heavy atom. The summed E-state index contributed by atoms with van der Waals surface area (Å²) in [6.45, 7) is 6.40. The monoisotopic (exact) mass is 224 g/mol. The summed E-state index contributed by atoms with van der Waals surface area (Å²) in [6.07, 6.45) is 0.958. The van der Waals surface area contributed by atoms with Gasteiger partial charge in [0.25, 0.3) is 0 Å². The van der Waals surface area contributed by atoms with E-state index >= 15 is 0 Å². The van der Waals surface area contributed by atoms with Gasteiger partial charge in [0.15, 0.2) is 11.5 Å². The van der Waals surface area contributed by atoms with Gasteiger partial charge in [0.2, 0.25) is 0 Å². The highest BCUT2D eigenvalue weighted by Gasteiger charge is 2.14. The van der Waals surface area contributed by atoms with Gasteiger partial charge in [-0.05, 0) is 32.4 Å². The number of hydrogen-bond donors (Lipinski definition) is 1. The van der Waals surface area contributed by atoms with Crippen molar-refractivity contribution >= 4 is 0 Å². The van der Waals surface area contributed by atoms with Gasteiger partial charge in [-0.15, -0.1) is 0 Å². The fraction of sp³-hybridized carbons (Fsp3) is 0.538. The molecule has 3 nitrogen and oxygen atoms in total. The largest absolute Gasteiger partial charge is 0.490 e. The molecule has 0 unspecified atom stereocenters. The van der Waals surface area contributed by atoms with E-state index in [0.717, 1.165) is 12.2 Å². The molecule has 0 fully saturated rings. The van der Waals surface area contributed by atoms with Crippen molar-refractivity contribution < 1.29 is 14.6 Å². The SMILES string of the molecule is CCCOc1ccccc1OCC(C)(C)O. The summed E-state index contributed by atoms with van der Waals surface area (Å²) in [4.78, 5) is 0. The van der Waals surface area contributed by atoms with E-state index in [1.54, 1.807) is 13.8 Å². The third-order valence-electron chi connectivity index (χ3n) is 1.89. The minimum Gasteiger partial charge on any atom is -0.490 e. The summed E-state index contributed by atoms with van der Waals surface area (Å²) in [7, 11) is 0. The molecule has 0 heterocycles. The Hall–Kier alpha value is -1.22. The molecular formula is C13H20O3. The average molecular weight is 224 g/mol. The van der Waals surface area contributed by atoms with Crippen LogP contribution < -0.4 is 9.47 Å². The van der Waals surface area contributed by atoms with E-state index in [0.29, 0.717) is 12.4 Å². The molecule has 1 rings (SSSR count). The smallest absolute Gasteiger partial charge is 0.161 e. The van der Waals surface area contributed by atoms with Crippen LogP contribution in [0, 0.1) is 0 Å². The summed E-state index contributed by atoms with van der Waals surface area (Å²) in [6, 6.07) is 7.51. The molecule has 0 amide bonds. The molecule has 0 spiro atoms. The summed E-state index contributed by atoms with van der Waals surface area (Å²) >= 11 is 0. The summed E-state index contributed by atoms with van der Waals surface area (Å²) in [5, 5.41) is 9.58. The second-order valence-electron chi connectivity index (χ2n) is 4.40. The zero-order chi connectivity index (χ0) is 12.0. The number of benzene rings is 1. The molecule has 1 aromatic rings. The first-order valence-corrected chi connectivity index (χ1v) is 5.60. The highest BCUT2D eigenvalue weighted by Crippen LogP contribution is 2.27. The van der Waals surface area contributed by atoms with E-state index in [1.807, 2.05) is 24.3 Å². The van der Waals surface area contributed by atoms with E-state index in [2.05, 4.69) is 6.92 Å². The van der Waals surface area contributed by atoms with Gasteiger partial charge in [-0.3, -0.25) is 0 Å². The number of rotatable bonds is 6. The number of para-hydroxylation sites is 2. The van der Waals surface area contributed by atoms with Gasteiger partial charge >= 0.3 is 0 Å². The molecule has 3 heteroatoms. The van der Waals surface area contributed by atoms with Gasteiger partial charge in [0.05, 0.1) is 12.2 Å². The van der Waals surface area contributed by atoms with Crippen molar-refractivity contribution in [2.45, 2.75) is 32.8 Å². The Kier molecular flexibility index (Phi) is 4.62. The van der Waals surface area contributed by atoms with Crippen LogP contribution in [0.25, 0.3) is 0 Å². The highest BCUT2D eigenvalue weighted by atomic mass is 16.5. The van der Waals surface area contributed by atoms with Crippen LogP contribution in [0.2, 0.25) is 0 Å². The van der Waals surface area contributed by atoms with Crippen molar-refractivity contribution in [1.82, 2.24) is 0 Å². The molecule has 0 saturated carbocycles. The lowest BCUT2D eigenvalue weighted by molar-refractivity contribution is 0.0274. The minimum atomic E-state index is -0.835. The topological polar surface area (TPSA) is 38.7 Å². The first-order valence-electron chi connectivity index (χ1n) is 5.60. The van der Waals surface area contributed by atoms with E-state index < -0.39 is 5.60 Å². The standard InChI is InChI=1S/C13H20O3/c1-4-9-15-11-7-5-6-8-12(11)16-10-13(2,3)14/h5-8,14H,4,9-10H2,1-3H3. The summed E-state index contributed by atoms with van der Waals surface area (Å²) < 4.78 is 11.1. The lowest BCUT2D eigenvalue weighted by Gasteiger charge is -2.19. The maximum atomic E-state index is 9.58. The predicted octanol–water partition coefficient (Wildman–Crippen LogP) is 2.63. The Morgan fingerprint density at radius 2 is 1.69 bits per heavy atom.